The second-order valence-corrected chi connectivity index (χ2v) is 5.22. The SMILES string of the molecule is Cc1cccc(-n2c(=O)c3ccccc3n(C)c2=O)c1C. The summed E-state index contributed by atoms with van der Waals surface area (Å²) in [7, 11) is 1.69. The summed E-state index contributed by atoms with van der Waals surface area (Å²) in [4.78, 5) is 25.3. The monoisotopic (exact) mass is 280 g/mol. The Bertz CT molecular complexity index is 965. The van der Waals surface area contributed by atoms with Gasteiger partial charge in [-0.1, -0.05) is 24.3 Å². The molecule has 0 bridgehead atoms. The predicted octanol–water partition coefficient (Wildman–Crippen LogP) is 2.31. The van der Waals surface area contributed by atoms with Gasteiger partial charge in [0.25, 0.3) is 5.56 Å². The molecule has 21 heavy (non-hydrogen) atoms. The normalized spacial score (nSPS) is 11.0. The fraction of sp³-hybridized carbons (Fsp3) is 0.176. The number of benzene rings is 2. The second-order valence-electron chi connectivity index (χ2n) is 5.22. The van der Waals surface area contributed by atoms with Crippen LogP contribution in [0.15, 0.2) is 52.1 Å². The van der Waals surface area contributed by atoms with Crippen molar-refractivity contribution in [2.24, 2.45) is 7.05 Å². The summed E-state index contributed by atoms with van der Waals surface area (Å²) in [5, 5.41) is 0.542. The van der Waals surface area contributed by atoms with Gasteiger partial charge in [-0.05, 0) is 43.2 Å². The van der Waals surface area contributed by atoms with Gasteiger partial charge in [0.15, 0.2) is 0 Å². The van der Waals surface area contributed by atoms with Crippen LogP contribution in [0.25, 0.3) is 16.6 Å². The minimum Gasteiger partial charge on any atom is -0.296 e. The van der Waals surface area contributed by atoms with Crippen molar-refractivity contribution >= 4 is 10.9 Å². The third-order valence-corrected chi connectivity index (χ3v) is 3.99. The Morgan fingerprint density at radius 3 is 2.38 bits per heavy atom. The molecule has 3 aromatic rings. The maximum absolute atomic E-state index is 12.7. The Morgan fingerprint density at radius 2 is 1.62 bits per heavy atom. The Labute approximate surface area is 121 Å². The van der Waals surface area contributed by atoms with Crippen molar-refractivity contribution in [2.45, 2.75) is 13.8 Å². The zero-order valence-electron chi connectivity index (χ0n) is 12.3. The largest absolute Gasteiger partial charge is 0.335 e. The lowest BCUT2D eigenvalue weighted by Gasteiger charge is -2.13. The smallest absolute Gasteiger partial charge is 0.296 e. The molecule has 2 aromatic carbocycles. The van der Waals surface area contributed by atoms with Crippen LogP contribution >= 0.6 is 0 Å². The lowest BCUT2D eigenvalue weighted by atomic mass is 10.1. The summed E-state index contributed by atoms with van der Waals surface area (Å²) < 4.78 is 2.77. The number of aryl methyl sites for hydroxylation is 2. The molecule has 3 rings (SSSR count). The molecule has 4 nitrogen and oxygen atoms in total. The molecule has 0 saturated carbocycles. The average molecular weight is 280 g/mol. The molecule has 106 valence electrons. The van der Waals surface area contributed by atoms with Crippen LogP contribution in [0, 0.1) is 13.8 Å². The first-order valence-corrected chi connectivity index (χ1v) is 6.79. The number of hydrogen-bond acceptors (Lipinski definition) is 2. The Balaban J connectivity index is 2.53. The molecule has 0 spiro atoms. The summed E-state index contributed by atoms with van der Waals surface area (Å²) >= 11 is 0. The maximum Gasteiger partial charge on any atom is 0.335 e. The second kappa shape index (κ2) is 4.74. The lowest BCUT2D eigenvalue weighted by molar-refractivity contribution is 0.770. The fourth-order valence-electron chi connectivity index (χ4n) is 2.60. The lowest BCUT2D eigenvalue weighted by Crippen LogP contribution is -2.38. The standard InChI is InChI=1S/C17H16N2O2/c1-11-7-6-10-14(12(11)2)19-16(20)13-8-4-5-9-15(13)18(3)17(19)21/h4-10H,1-3H3. The van der Waals surface area contributed by atoms with E-state index in [1.165, 1.54) is 9.13 Å². The molecule has 0 N–H and O–H groups in total. The summed E-state index contributed by atoms with van der Waals surface area (Å²) in [6, 6.07) is 12.8. The van der Waals surface area contributed by atoms with Gasteiger partial charge >= 0.3 is 5.69 Å². The number of hydrogen-bond donors (Lipinski definition) is 0. The van der Waals surface area contributed by atoms with Gasteiger partial charge in [0.1, 0.15) is 0 Å². The average Bonchev–Trinajstić information content (AvgIpc) is 2.49. The van der Waals surface area contributed by atoms with E-state index in [1.54, 1.807) is 25.2 Å². The summed E-state index contributed by atoms with van der Waals surface area (Å²) in [6.45, 7) is 3.89. The van der Waals surface area contributed by atoms with E-state index in [2.05, 4.69) is 0 Å². The Hall–Kier alpha value is -2.62. The molecule has 0 aliphatic rings. The van der Waals surface area contributed by atoms with Crippen molar-refractivity contribution < 1.29 is 0 Å². The van der Waals surface area contributed by atoms with Crippen molar-refractivity contribution in [3.05, 3.63) is 74.4 Å². The number of nitrogens with zero attached hydrogens (tertiary/aromatic N) is 2. The predicted molar refractivity (Wildman–Crippen MR) is 84.3 cm³/mol. The minimum atomic E-state index is -0.326. The molecule has 0 unspecified atom stereocenters. The van der Waals surface area contributed by atoms with Gasteiger partial charge in [0.05, 0.1) is 16.6 Å². The third-order valence-electron chi connectivity index (χ3n) is 3.99. The molecule has 1 heterocycles. The quantitative estimate of drug-likeness (QED) is 0.686. The first-order valence-electron chi connectivity index (χ1n) is 6.79. The van der Waals surface area contributed by atoms with E-state index in [4.69, 9.17) is 0 Å². The highest BCUT2D eigenvalue weighted by atomic mass is 16.2. The van der Waals surface area contributed by atoms with Gasteiger partial charge < -0.3 is 0 Å². The van der Waals surface area contributed by atoms with E-state index in [-0.39, 0.29) is 11.2 Å². The topological polar surface area (TPSA) is 44.0 Å². The molecule has 0 aliphatic carbocycles. The first kappa shape index (κ1) is 13.4. The highest BCUT2D eigenvalue weighted by Gasteiger charge is 2.14. The molecule has 0 fully saturated rings. The summed E-state index contributed by atoms with van der Waals surface area (Å²) in [5.41, 5.74) is 2.68. The van der Waals surface area contributed by atoms with Crippen molar-refractivity contribution in [2.75, 3.05) is 0 Å². The summed E-state index contributed by atoms with van der Waals surface area (Å²) in [6.07, 6.45) is 0. The number of fused-ring (bicyclic) bond motifs is 1. The van der Waals surface area contributed by atoms with Crippen LogP contribution in [0.1, 0.15) is 11.1 Å². The van der Waals surface area contributed by atoms with Gasteiger partial charge in [-0.2, -0.15) is 0 Å². The first-order chi connectivity index (χ1) is 10.0. The molecule has 0 aliphatic heterocycles. The fourth-order valence-corrected chi connectivity index (χ4v) is 2.60. The van der Waals surface area contributed by atoms with Crippen LogP contribution in [0.2, 0.25) is 0 Å². The molecule has 0 saturated heterocycles. The van der Waals surface area contributed by atoms with E-state index in [9.17, 15) is 9.59 Å². The van der Waals surface area contributed by atoms with Crippen molar-refractivity contribution in [3.8, 4) is 5.69 Å². The Kier molecular flexibility index (Phi) is 3.01. The van der Waals surface area contributed by atoms with E-state index < -0.39 is 0 Å². The van der Waals surface area contributed by atoms with E-state index in [0.29, 0.717) is 16.6 Å². The van der Waals surface area contributed by atoms with Crippen LogP contribution in [0.5, 0.6) is 0 Å². The number of aromatic nitrogens is 2. The molecule has 0 radical (unpaired) electrons. The zero-order chi connectivity index (χ0) is 15.1. The van der Waals surface area contributed by atoms with E-state index in [0.717, 1.165) is 11.1 Å². The van der Waals surface area contributed by atoms with Crippen molar-refractivity contribution in [1.82, 2.24) is 9.13 Å². The molecular formula is C17H16N2O2. The third kappa shape index (κ3) is 1.91. The van der Waals surface area contributed by atoms with Crippen LogP contribution < -0.4 is 11.2 Å². The van der Waals surface area contributed by atoms with Crippen LogP contribution in [-0.4, -0.2) is 9.13 Å². The van der Waals surface area contributed by atoms with Gasteiger partial charge in [-0.25, -0.2) is 9.36 Å². The van der Waals surface area contributed by atoms with Crippen molar-refractivity contribution in [3.63, 3.8) is 0 Å². The van der Waals surface area contributed by atoms with Crippen LogP contribution in [0.3, 0.4) is 0 Å². The van der Waals surface area contributed by atoms with Crippen molar-refractivity contribution in [1.29, 1.82) is 0 Å². The van der Waals surface area contributed by atoms with Gasteiger partial charge in [-0.15, -0.1) is 0 Å². The molecule has 0 atom stereocenters. The number of para-hydroxylation sites is 1. The van der Waals surface area contributed by atoms with Gasteiger partial charge in [-0.3, -0.25) is 9.36 Å². The molecule has 1 aromatic heterocycles. The highest BCUT2D eigenvalue weighted by molar-refractivity contribution is 5.78. The number of rotatable bonds is 1. The van der Waals surface area contributed by atoms with Gasteiger partial charge in [0.2, 0.25) is 0 Å². The molecular weight excluding hydrogens is 264 g/mol. The van der Waals surface area contributed by atoms with Crippen LogP contribution in [-0.2, 0) is 7.05 Å². The van der Waals surface area contributed by atoms with E-state index >= 15 is 0 Å². The summed E-state index contributed by atoms with van der Waals surface area (Å²) in [5.74, 6) is 0. The maximum atomic E-state index is 12.7. The Morgan fingerprint density at radius 1 is 0.905 bits per heavy atom. The zero-order valence-corrected chi connectivity index (χ0v) is 12.3. The highest BCUT2D eigenvalue weighted by Crippen LogP contribution is 2.15. The minimum absolute atomic E-state index is 0.276. The van der Waals surface area contributed by atoms with Gasteiger partial charge in [0, 0.05) is 7.05 Å². The van der Waals surface area contributed by atoms with E-state index in [1.807, 2.05) is 38.1 Å². The van der Waals surface area contributed by atoms with Crippen LogP contribution in [0.4, 0.5) is 0 Å². The molecule has 4 heteroatoms. The molecule has 0 amide bonds.